The van der Waals surface area contributed by atoms with Gasteiger partial charge in [-0.05, 0) is 23.1 Å². The molecule has 0 spiro atoms. The lowest BCUT2D eigenvalue weighted by molar-refractivity contribution is 0.326. The summed E-state index contributed by atoms with van der Waals surface area (Å²) in [6.07, 6.45) is 0. The first-order valence-corrected chi connectivity index (χ1v) is 5.32. The van der Waals surface area contributed by atoms with Gasteiger partial charge >= 0.3 is 0 Å². The summed E-state index contributed by atoms with van der Waals surface area (Å²) in [5, 5.41) is 0. The fourth-order valence-corrected chi connectivity index (χ4v) is 1.82. The van der Waals surface area contributed by atoms with Crippen LogP contribution in [0.3, 0.4) is 0 Å². The number of rotatable bonds is 1. The molecule has 0 bridgehead atoms. The topological polar surface area (TPSA) is 26.0 Å². The lowest BCUT2D eigenvalue weighted by Crippen LogP contribution is -2.26. The first kappa shape index (κ1) is 14.9. The van der Waals surface area contributed by atoms with Crippen LogP contribution in [0.2, 0.25) is 0 Å². The normalized spacial score (nSPS) is 13.2. The fraction of sp³-hybridized carbons (Fsp3) is 0.455. The first-order chi connectivity index (χ1) is 6.32. The van der Waals surface area contributed by atoms with Crippen LogP contribution >= 0.6 is 28.3 Å². The molecule has 0 fully saturated rings. The highest BCUT2D eigenvalue weighted by Crippen LogP contribution is 2.34. The van der Waals surface area contributed by atoms with Gasteiger partial charge in [-0.1, -0.05) is 42.8 Å². The lowest BCUT2D eigenvalue weighted by Gasteiger charge is -2.28. The maximum atomic E-state index is 12.8. The largest absolute Gasteiger partial charge is 0.323 e. The van der Waals surface area contributed by atoms with Crippen LogP contribution in [0.4, 0.5) is 4.39 Å². The van der Waals surface area contributed by atoms with E-state index in [9.17, 15) is 4.39 Å². The van der Waals surface area contributed by atoms with Crippen molar-refractivity contribution in [2.24, 2.45) is 11.1 Å². The van der Waals surface area contributed by atoms with Crippen LogP contribution in [0.25, 0.3) is 0 Å². The van der Waals surface area contributed by atoms with Gasteiger partial charge in [0.05, 0.1) is 0 Å². The van der Waals surface area contributed by atoms with Crippen LogP contribution in [-0.2, 0) is 0 Å². The Morgan fingerprint density at radius 2 is 1.87 bits per heavy atom. The van der Waals surface area contributed by atoms with Gasteiger partial charge in [-0.3, -0.25) is 0 Å². The molecular weight excluding hydrogens is 280 g/mol. The molecule has 0 saturated carbocycles. The van der Waals surface area contributed by atoms with Gasteiger partial charge in [0.15, 0.2) is 0 Å². The van der Waals surface area contributed by atoms with E-state index in [1.165, 1.54) is 12.1 Å². The van der Waals surface area contributed by atoms with Crippen LogP contribution in [0.15, 0.2) is 22.7 Å². The second-order valence-corrected chi connectivity index (χ2v) is 5.36. The Bertz CT molecular complexity index is 336. The summed E-state index contributed by atoms with van der Waals surface area (Å²) in [5.41, 5.74) is 6.99. The summed E-state index contributed by atoms with van der Waals surface area (Å²) in [6, 6.07) is 4.51. The van der Waals surface area contributed by atoms with Gasteiger partial charge in [-0.2, -0.15) is 0 Å². The molecule has 1 aromatic rings. The number of benzene rings is 1. The van der Waals surface area contributed by atoms with Crippen molar-refractivity contribution < 1.29 is 4.39 Å². The molecule has 1 atom stereocenters. The highest BCUT2D eigenvalue weighted by atomic mass is 79.9. The van der Waals surface area contributed by atoms with Crippen molar-refractivity contribution in [2.75, 3.05) is 0 Å². The van der Waals surface area contributed by atoms with E-state index in [1.807, 2.05) is 0 Å². The molecule has 0 aliphatic rings. The lowest BCUT2D eigenvalue weighted by atomic mass is 9.83. The van der Waals surface area contributed by atoms with Gasteiger partial charge in [-0.15, -0.1) is 12.4 Å². The van der Waals surface area contributed by atoms with Gasteiger partial charge in [0, 0.05) is 10.5 Å². The molecule has 0 aliphatic heterocycles. The SMILES string of the molecule is CC(C)(C)[C@@H](N)c1ccc(F)cc1Br.Cl. The highest BCUT2D eigenvalue weighted by molar-refractivity contribution is 9.10. The van der Waals surface area contributed by atoms with E-state index in [0.29, 0.717) is 0 Å². The number of halogens is 3. The molecule has 0 radical (unpaired) electrons. The predicted octanol–water partition coefficient (Wildman–Crippen LogP) is 4.06. The number of hydrogen-bond donors (Lipinski definition) is 1. The number of hydrogen-bond acceptors (Lipinski definition) is 1. The fourth-order valence-electron chi connectivity index (χ4n) is 1.22. The summed E-state index contributed by atoms with van der Waals surface area (Å²) in [7, 11) is 0. The average Bonchev–Trinajstić information content (AvgIpc) is 2.01. The maximum absolute atomic E-state index is 12.8. The molecule has 2 N–H and O–H groups in total. The van der Waals surface area contributed by atoms with Gasteiger partial charge in [-0.25, -0.2) is 4.39 Å². The molecular formula is C11H16BrClFN. The molecule has 0 amide bonds. The third kappa shape index (κ3) is 3.74. The molecule has 0 aliphatic carbocycles. The van der Waals surface area contributed by atoms with Crippen LogP contribution < -0.4 is 5.73 Å². The third-order valence-electron chi connectivity index (χ3n) is 2.23. The van der Waals surface area contributed by atoms with E-state index in [2.05, 4.69) is 36.7 Å². The summed E-state index contributed by atoms with van der Waals surface area (Å²) in [4.78, 5) is 0. The van der Waals surface area contributed by atoms with Crippen molar-refractivity contribution in [2.45, 2.75) is 26.8 Å². The smallest absolute Gasteiger partial charge is 0.124 e. The average molecular weight is 297 g/mol. The standard InChI is InChI=1S/C11H15BrFN.ClH/c1-11(2,3)10(14)8-5-4-7(13)6-9(8)12;/h4-6,10H,14H2,1-3H3;1H/t10-;/m0./s1. The van der Waals surface area contributed by atoms with Crippen LogP contribution in [0.5, 0.6) is 0 Å². The quantitative estimate of drug-likeness (QED) is 0.831. The minimum Gasteiger partial charge on any atom is -0.323 e. The van der Waals surface area contributed by atoms with Crippen LogP contribution in [0.1, 0.15) is 32.4 Å². The summed E-state index contributed by atoms with van der Waals surface area (Å²) in [5.74, 6) is -0.248. The van der Waals surface area contributed by atoms with Crippen LogP contribution in [0, 0.1) is 11.2 Å². The van der Waals surface area contributed by atoms with E-state index in [4.69, 9.17) is 5.73 Å². The summed E-state index contributed by atoms with van der Waals surface area (Å²) >= 11 is 3.32. The molecule has 0 aromatic heterocycles. The first-order valence-electron chi connectivity index (χ1n) is 4.53. The Morgan fingerprint density at radius 1 is 1.33 bits per heavy atom. The van der Waals surface area contributed by atoms with Crippen molar-refractivity contribution in [1.29, 1.82) is 0 Å². The van der Waals surface area contributed by atoms with E-state index in [-0.39, 0.29) is 29.7 Å². The van der Waals surface area contributed by atoms with Crippen molar-refractivity contribution in [3.8, 4) is 0 Å². The molecule has 0 heterocycles. The maximum Gasteiger partial charge on any atom is 0.124 e. The van der Waals surface area contributed by atoms with Gasteiger partial charge in [0.1, 0.15) is 5.82 Å². The van der Waals surface area contributed by atoms with Crippen molar-refractivity contribution >= 4 is 28.3 Å². The minimum atomic E-state index is -0.248. The zero-order valence-electron chi connectivity index (χ0n) is 9.05. The summed E-state index contributed by atoms with van der Waals surface area (Å²) in [6.45, 7) is 6.19. The van der Waals surface area contributed by atoms with E-state index in [1.54, 1.807) is 6.07 Å². The highest BCUT2D eigenvalue weighted by Gasteiger charge is 2.23. The molecule has 0 saturated heterocycles. The van der Waals surface area contributed by atoms with E-state index < -0.39 is 0 Å². The Balaban J connectivity index is 0.00000196. The Kier molecular flexibility index (Phi) is 5.24. The monoisotopic (exact) mass is 295 g/mol. The van der Waals surface area contributed by atoms with Gasteiger partial charge < -0.3 is 5.73 Å². The van der Waals surface area contributed by atoms with Crippen molar-refractivity contribution in [1.82, 2.24) is 0 Å². The molecule has 0 unspecified atom stereocenters. The van der Waals surface area contributed by atoms with E-state index >= 15 is 0 Å². The van der Waals surface area contributed by atoms with Crippen molar-refractivity contribution in [3.05, 3.63) is 34.1 Å². The molecule has 1 rings (SSSR count). The zero-order chi connectivity index (χ0) is 10.9. The molecule has 1 aromatic carbocycles. The Labute approximate surface area is 105 Å². The second-order valence-electron chi connectivity index (χ2n) is 4.51. The predicted molar refractivity (Wildman–Crippen MR) is 67.7 cm³/mol. The van der Waals surface area contributed by atoms with Crippen LogP contribution in [-0.4, -0.2) is 0 Å². The van der Waals surface area contributed by atoms with Gasteiger partial charge in [0.25, 0.3) is 0 Å². The number of nitrogens with two attached hydrogens (primary N) is 1. The molecule has 4 heteroatoms. The summed E-state index contributed by atoms with van der Waals surface area (Å²) < 4.78 is 13.6. The van der Waals surface area contributed by atoms with Gasteiger partial charge in [0.2, 0.25) is 0 Å². The van der Waals surface area contributed by atoms with E-state index in [0.717, 1.165) is 10.0 Å². The second kappa shape index (κ2) is 5.28. The Morgan fingerprint density at radius 3 is 2.27 bits per heavy atom. The minimum absolute atomic E-state index is 0. The molecule has 86 valence electrons. The third-order valence-corrected chi connectivity index (χ3v) is 2.92. The zero-order valence-corrected chi connectivity index (χ0v) is 11.5. The molecule has 15 heavy (non-hydrogen) atoms. The molecule has 1 nitrogen and oxygen atoms in total. The van der Waals surface area contributed by atoms with Crippen molar-refractivity contribution in [3.63, 3.8) is 0 Å². The Hall–Kier alpha value is -0.120.